The Morgan fingerprint density at radius 3 is 2.42 bits per heavy atom. The topological polar surface area (TPSA) is 96.9 Å². The summed E-state index contributed by atoms with van der Waals surface area (Å²) in [5, 5.41) is 14.7. The van der Waals surface area contributed by atoms with Crippen molar-refractivity contribution in [1.29, 1.82) is 0 Å². The monoisotopic (exact) mass is 366 g/mol. The molecule has 0 aliphatic rings. The maximum atomic E-state index is 11.7. The van der Waals surface area contributed by atoms with Gasteiger partial charge in [0.15, 0.2) is 0 Å². The molecule has 0 aliphatic carbocycles. The Labute approximate surface area is 155 Å². The lowest BCUT2D eigenvalue weighted by molar-refractivity contribution is 0.0478. The number of hydrogen-bond donors (Lipinski definition) is 3. The van der Waals surface area contributed by atoms with E-state index in [1.54, 1.807) is 20.8 Å². The van der Waals surface area contributed by atoms with Crippen LogP contribution in [0.2, 0.25) is 0 Å². The molecule has 2 amide bonds. The highest BCUT2D eigenvalue weighted by Crippen LogP contribution is 2.08. The Balaban J connectivity index is 2.12. The largest absolute Gasteiger partial charge is 0.445 e. The minimum absolute atomic E-state index is 0.161. The summed E-state index contributed by atoms with van der Waals surface area (Å²) in [4.78, 5) is 23.3. The number of rotatable bonds is 9. The number of hydrogen-bond acceptors (Lipinski definition) is 5. The van der Waals surface area contributed by atoms with Crippen LogP contribution >= 0.6 is 0 Å². The Hall–Kier alpha value is -2.28. The van der Waals surface area contributed by atoms with Crippen molar-refractivity contribution >= 4 is 12.2 Å². The maximum Gasteiger partial charge on any atom is 0.407 e. The molecule has 1 aromatic carbocycles. The molecule has 0 heterocycles. The normalized spacial score (nSPS) is 12.2. The number of unbranched alkanes of at least 4 members (excludes halogenated alkanes) is 1. The van der Waals surface area contributed by atoms with E-state index in [0.717, 1.165) is 12.0 Å². The van der Waals surface area contributed by atoms with Crippen LogP contribution in [-0.2, 0) is 16.1 Å². The van der Waals surface area contributed by atoms with Crippen LogP contribution in [0.4, 0.5) is 9.59 Å². The van der Waals surface area contributed by atoms with Gasteiger partial charge in [-0.2, -0.15) is 0 Å². The fourth-order valence-electron chi connectivity index (χ4n) is 2.16. The summed E-state index contributed by atoms with van der Waals surface area (Å²) < 4.78 is 10.3. The van der Waals surface area contributed by atoms with E-state index >= 15 is 0 Å². The summed E-state index contributed by atoms with van der Waals surface area (Å²) >= 11 is 0. The number of aliphatic hydroxyl groups excluding tert-OH is 1. The van der Waals surface area contributed by atoms with Crippen molar-refractivity contribution < 1.29 is 24.2 Å². The number of carbonyl (C=O) groups excluding carboxylic acids is 2. The van der Waals surface area contributed by atoms with Gasteiger partial charge in [0.2, 0.25) is 0 Å². The first-order valence-corrected chi connectivity index (χ1v) is 8.85. The number of alkyl carbamates (subject to hydrolysis) is 2. The van der Waals surface area contributed by atoms with Gasteiger partial charge in [0, 0.05) is 6.54 Å². The van der Waals surface area contributed by atoms with Crippen molar-refractivity contribution in [3.05, 3.63) is 35.9 Å². The van der Waals surface area contributed by atoms with Gasteiger partial charge in [-0.15, -0.1) is 0 Å². The molecule has 146 valence electrons. The third kappa shape index (κ3) is 10.6. The molecule has 7 nitrogen and oxygen atoms in total. The van der Waals surface area contributed by atoms with E-state index in [4.69, 9.17) is 9.47 Å². The van der Waals surface area contributed by atoms with Gasteiger partial charge in [-0.25, -0.2) is 9.59 Å². The summed E-state index contributed by atoms with van der Waals surface area (Å²) in [5.41, 5.74) is 0.357. The van der Waals surface area contributed by atoms with E-state index in [1.165, 1.54) is 0 Å². The zero-order valence-electron chi connectivity index (χ0n) is 15.8. The zero-order chi connectivity index (χ0) is 19.4. The second-order valence-corrected chi connectivity index (χ2v) is 7.01. The van der Waals surface area contributed by atoms with Gasteiger partial charge in [-0.3, -0.25) is 0 Å². The van der Waals surface area contributed by atoms with Gasteiger partial charge in [0.25, 0.3) is 0 Å². The predicted molar refractivity (Wildman–Crippen MR) is 98.7 cm³/mol. The second kappa shape index (κ2) is 11.4. The fraction of sp³-hybridized carbons (Fsp3) is 0.579. The second-order valence-electron chi connectivity index (χ2n) is 7.01. The number of amides is 2. The quantitative estimate of drug-likeness (QED) is 0.584. The first kappa shape index (κ1) is 21.8. The zero-order valence-corrected chi connectivity index (χ0v) is 15.8. The van der Waals surface area contributed by atoms with E-state index in [2.05, 4.69) is 10.6 Å². The van der Waals surface area contributed by atoms with Crippen molar-refractivity contribution in [2.24, 2.45) is 0 Å². The van der Waals surface area contributed by atoms with E-state index in [-0.39, 0.29) is 19.3 Å². The maximum absolute atomic E-state index is 11.7. The van der Waals surface area contributed by atoms with Crippen LogP contribution in [0, 0.1) is 0 Å². The van der Waals surface area contributed by atoms with E-state index in [1.807, 2.05) is 30.3 Å². The van der Waals surface area contributed by atoms with E-state index in [0.29, 0.717) is 19.4 Å². The molecule has 0 fully saturated rings. The molecule has 7 heteroatoms. The number of carbonyl (C=O) groups is 2. The molecule has 1 atom stereocenters. The summed E-state index contributed by atoms with van der Waals surface area (Å²) in [7, 11) is 0. The summed E-state index contributed by atoms with van der Waals surface area (Å²) in [6, 6.07) is 9.09. The molecule has 0 saturated carbocycles. The van der Waals surface area contributed by atoms with Crippen LogP contribution in [0.3, 0.4) is 0 Å². The summed E-state index contributed by atoms with van der Waals surface area (Å²) in [6.45, 7) is 5.89. The van der Waals surface area contributed by atoms with Crippen molar-refractivity contribution in [2.45, 2.75) is 58.3 Å². The highest BCUT2D eigenvalue weighted by Gasteiger charge is 2.18. The summed E-state index contributed by atoms with van der Waals surface area (Å²) in [5.74, 6) is 0. The Morgan fingerprint density at radius 1 is 1.12 bits per heavy atom. The first-order chi connectivity index (χ1) is 12.3. The molecule has 0 aliphatic heterocycles. The number of aliphatic hydroxyl groups is 1. The van der Waals surface area contributed by atoms with E-state index in [9.17, 15) is 14.7 Å². The first-order valence-electron chi connectivity index (χ1n) is 8.85. The van der Waals surface area contributed by atoms with Gasteiger partial charge in [0.1, 0.15) is 12.2 Å². The fourth-order valence-corrected chi connectivity index (χ4v) is 2.16. The molecular formula is C19H30N2O5. The number of nitrogens with one attached hydrogen (secondary N) is 2. The van der Waals surface area contributed by atoms with Crippen molar-refractivity contribution in [2.75, 3.05) is 13.2 Å². The molecule has 1 rings (SSSR count). The Morgan fingerprint density at radius 2 is 1.81 bits per heavy atom. The highest BCUT2D eigenvalue weighted by molar-refractivity contribution is 5.68. The minimum Gasteiger partial charge on any atom is -0.445 e. The van der Waals surface area contributed by atoms with Crippen LogP contribution < -0.4 is 10.6 Å². The average Bonchev–Trinajstić information content (AvgIpc) is 2.58. The molecule has 3 N–H and O–H groups in total. The van der Waals surface area contributed by atoms with Gasteiger partial charge < -0.3 is 25.2 Å². The van der Waals surface area contributed by atoms with Crippen LogP contribution in [0.1, 0.15) is 45.6 Å². The van der Waals surface area contributed by atoms with Gasteiger partial charge >= 0.3 is 12.2 Å². The van der Waals surface area contributed by atoms with Crippen molar-refractivity contribution in [3.63, 3.8) is 0 Å². The SMILES string of the molecule is CC(C)(C)OC(=O)NC(CO)CCCCNC(=O)OCc1ccccc1. The predicted octanol–water partition coefficient (Wildman–Crippen LogP) is 2.97. The lowest BCUT2D eigenvalue weighted by Crippen LogP contribution is -2.41. The van der Waals surface area contributed by atoms with Gasteiger partial charge in [-0.1, -0.05) is 30.3 Å². The molecule has 0 aromatic heterocycles. The van der Waals surface area contributed by atoms with Crippen LogP contribution in [-0.4, -0.2) is 42.1 Å². The van der Waals surface area contributed by atoms with Crippen LogP contribution in [0.5, 0.6) is 0 Å². The third-order valence-corrected chi connectivity index (χ3v) is 3.40. The van der Waals surface area contributed by atoms with Crippen molar-refractivity contribution in [1.82, 2.24) is 10.6 Å². The molecular weight excluding hydrogens is 336 g/mol. The molecule has 0 bridgehead atoms. The van der Waals surface area contributed by atoms with E-state index < -0.39 is 17.8 Å². The number of benzene rings is 1. The average molecular weight is 366 g/mol. The Kier molecular flexibility index (Phi) is 9.51. The smallest absolute Gasteiger partial charge is 0.407 e. The highest BCUT2D eigenvalue weighted by atomic mass is 16.6. The van der Waals surface area contributed by atoms with Gasteiger partial charge in [-0.05, 0) is 45.6 Å². The molecule has 26 heavy (non-hydrogen) atoms. The van der Waals surface area contributed by atoms with Gasteiger partial charge in [0.05, 0.1) is 12.6 Å². The summed E-state index contributed by atoms with van der Waals surface area (Å²) in [6.07, 6.45) is 1.04. The lowest BCUT2D eigenvalue weighted by Gasteiger charge is -2.22. The molecule has 0 radical (unpaired) electrons. The molecule has 1 aromatic rings. The van der Waals surface area contributed by atoms with Crippen LogP contribution in [0.15, 0.2) is 30.3 Å². The Bertz CT molecular complexity index is 543. The van der Waals surface area contributed by atoms with Crippen molar-refractivity contribution in [3.8, 4) is 0 Å². The molecule has 1 unspecified atom stereocenters. The molecule has 0 saturated heterocycles. The standard InChI is InChI=1S/C19H30N2O5/c1-19(2,3)26-18(24)21-16(13-22)11-7-8-12-20-17(23)25-14-15-9-5-4-6-10-15/h4-6,9-10,16,22H,7-8,11-14H2,1-3H3,(H,20,23)(H,21,24). The third-order valence-electron chi connectivity index (χ3n) is 3.40. The van der Waals surface area contributed by atoms with Crippen LogP contribution in [0.25, 0.3) is 0 Å². The lowest BCUT2D eigenvalue weighted by atomic mass is 10.1. The molecule has 0 spiro atoms. The minimum atomic E-state index is -0.575. The number of ether oxygens (including phenoxy) is 2.